The molecule has 10 aromatic carbocycles. The van der Waals surface area contributed by atoms with E-state index in [1.807, 2.05) is 32.9 Å². The highest BCUT2D eigenvalue weighted by molar-refractivity contribution is 7.99. The zero-order valence-corrected chi connectivity index (χ0v) is 61.7. The highest BCUT2D eigenvalue weighted by Crippen LogP contribution is 2.60. The lowest BCUT2D eigenvalue weighted by Crippen LogP contribution is -2.15. The summed E-state index contributed by atoms with van der Waals surface area (Å²) in [5.74, 6) is 2.93. The van der Waals surface area contributed by atoms with E-state index in [4.69, 9.17) is 62.9 Å². The highest BCUT2D eigenvalue weighted by atomic mass is 32.2. The second-order valence-corrected chi connectivity index (χ2v) is 28.9. The van der Waals surface area contributed by atoms with Crippen molar-refractivity contribution in [2.75, 3.05) is 143 Å². The minimum Gasteiger partial charge on any atom is -0.507 e. The number of aliphatic hydroxyl groups is 3. The van der Waals surface area contributed by atoms with E-state index < -0.39 is 39.3 Å². The molecule has 12 rings (SSSR count). The number of hydrogen-bond acceptors (Lipinski definition) is 25. The van der Waals surface area contributed by atoms with Gasteiger partial charge in [0.2, 0.25) is 0 Å². The number of aliphatic imine (C=N–C) groups is 1. The van der Waals surface area contributed by atoms with Gasteiger partial charge >= 0.3 is 0 Å². The molecule has 2 atom stereocenters. The molecule has 0 heterocycles. The van der Waals surface area contributed by atoms with Gasteiger partial charge in [-0.1, -0.05) is 23.3 Å². The van der Waals surface area contributed by atoms with Gasteiger partial charge in [-0.05, 0) is 97.6 Å². The van der Waals surface area contributed by atoms with Crippen LogP contribution >= 0.6 is 35.3 Å². The molecule has 22 nitrogen and oxygen atoms in total. The van der Waals surface area contributed by atoms with Crippen molar-refractivity contribution < 1.29 is 83.2 Å². The number of carbonyl (C=O) groups is 1. The monoisotopic (exact) mass is 1470 g/mol. The zero-order chi connectivity index (χ0) is 73.8. The van der Waals surface area contributed by atoms with Gasteiger partial charge in [-0.2, -0.15) is 35.3 Å². The van der Waals surface area contributed by atoms with E-state index >= 15 is 0 Å². The van der Waals surface area contributed by atoms with Crippen molar-refractivity contribution in [3.63, 3.8) is 0 Å². The highest BCUT2D eigenvalue weighted by Gasteiger charge is 2.40. The summed E-state index contributed by atoms with van der Waals surface area (Å²) in [5.41, 5.74) is 3.89. The SMILES string of the molecule is COc1c(O)c2c(=O)cc(OC)c3c4c(OC)cc(=O)c5c(O)c(CCCSCCOCCO)c6c(c(c1C(C(C)=NCCSCCOCCO)C(C)=C6)c23)c54.COc1c(O)c2c(=O)cc(OC)c3c4c(OC)cc(=O)c5c(O)c(CCCSCCOCCO)c6c(c(c1C(C(C)=O)C(C)=C6)c23)c54. The molecule has 0 amide bonds. The molecule has 2 aliphatic rings. The van der Waals surface area contributed by atoms with Gasteiger partial charge < -0.3 is 78.4 Å². The first-order valence-electron chi connectivity index (χ1n) is 33.9. The first-order valence-corrected chi connectivity index (χ1v) is 37.4. The molecular formula is C78H85NO21S3. The van der Waals surface area contributed by atoms with Crippen molar-refractivity contribution in [3.8, 4) is 57.5 Å². The van der Waals surface area contributed by atoms with Gasteiger partial charge in [-0.25, -0.2) is 0 Å². The third kappa shape index (κ3) is 13.5. The summed E-state index contributed by atoms with van der Waals surface area (Å²) in [6.07, 6.45) is 6.11. The van der Waals surface area contributed by atoms with Gasteiger partial charge in [-0.3, -0.25) is 29.0 Å². The van der Waals surface area contributed by atoms with Crippen LogP contribution < -0.4 is 50.1 Å². The standard InChI is InChI=1S/C42H49NO11S2.C36H36O10S/c1-22-19-25-24(7-6-15-55-17-13-53-11-9-44)40(48)32-26(46)20-28(50-3)34-35-29(51-4)21-27(47)33-38(35)37(31(25)36(32)34)39(42(52-5)41(33)49)30(22)23(2)43-8-16-56-18-14-54-12-10-45;1-16-13-19-18(7-6-11-47-12-10-46-9-8-37)34(41)26-20(39)14-22(43-3)28-29-23(44-4)15-21(40)27-32(29)31(25(19)30(26)28)33(24(16)17(2)38)36(45-5)35(27)42/h19-21,30,44-45,48-49H,6-18H2,1-5H3;13-15,24,37,41-42H,6-12H2,1-5H3. The lowest BCUT2D eigenvalue weighted by atomic mass is 9.80. The number of aromatic hydroxyl groups is 4. The third-order valence-electron chi connectivity index (χ3n) is 19.4. The Hall–Kier alpha value is -8.37. The predicted octanol–water partition coefficient (Wildman–Crippen LogP) is 10.8. The summed E-state index contributed by atoms with van der Waals surface area (Å²) < 4.78 is 51.2. The zero-order valence-electron chi connectivity index (χ0n) is 59.3. The number of thioether (sulfide) groups is 3. The number of Topliss-reactive ketones (excluding diaryl/α,β-unsaturated/α-hetero) is 1. The number of phenols is 4. The van der Waals surface area contributed by atoms with Gasteiger partial charge in [0.05, 0.1) is 130 Å². The fourth-order valence-electron chi connectivity index (χ4n) is 15.4. The Kier molecular flexibility index (Phi) is 24.1. The van der Waals surface area contributed by atoms with Crippen LogP contribution in [-0.2, 0) is 31.8 Å². The van der Waals surface area contributed by atoms with E-state index in [-0.39, 0.29) is 106 Å². The van der Waals surface area contributed by atoms with Gasteiger partial charge in [0.25, 0.3) is 0 Å². The summed E-state index contributed by atoms with van der Waals surface area (Å²) in [4.78, 5) is 74.3. The molecule has 103 heavy (non-hydrogen) atoms. The van der Waals surface area contributed by atoms with Crippen LogP contribution in [-0.4, -0.2) is 190 Å². The van der Waals surface area contributed by atoms with Crippen LogP contribution in [0, 0.1) is 0 Å². The number of fused-ring (bicyclic) bond motifs is 2. The lowest BCUT2D eigenvalue weighted by Gasteiger charge is -2.26. The lowest BCUT2D eigenvalue weighted by molar-refractivity contribution is -0.117. The van der Waals surface area contributed by atoms with Gasteiger partial charge in [0.1, 0.15) is 40.3 Å². The fourth-order valence-corrected chi connectivity index (χ4v) is 17.7. The molecule has 0 bridgehead atoms. The Morgan fingerprint density at radius 2 is 0.738 bits per heavy atom. The molecule has 2 aliphatic carbocycles. The van der Waals surface area contributed by atoms with Gasteiger partial charge in [0, 0.05) is 131 Å². The Morgan fingerprint density at radius 1 is 0.408 bits per heavy atom. The first-order chi connectivity index (χ1) is 49.8. The number of carbonyl (C=O) groups excluding carboxylic acids is 1. The minimum atomic E-state index is -0.866. The molecule has 0 saturated carbocycles. The van der Waals surface area contributed by atoms with E-state index in [1.54, 1.807) is 35.3 Å². The molecule has 2 unspecified atom stereocenters. The average Bonchev–Trinajstić information content (AvgIpc) is 1.67. The summed E-state index contributed by atoms with van der Waals surface area (Å²) in [5, 5.41) is 80.9. The Bertz CT molecular complexity index is 5250. The number of phenolic OH excluding ortho intramolecular Hbond substituents is 4. The molecule has 0 saturated heterocycles. The number of methoxy groups -OCH3 is 6. The molecule has 546 valence electrons. The average molecular weight is 1470 g/mol. The molecule has 25 heteroatoms. The first kappa shape index (κ1) is 75.8. The topological polar surface area (TPSA) is 322 Å². The van der Waals surface area contributed by atoms with Crippen LogP contribution in [0.1, 0.15) is 85.8 Å². The minimum absolute atomic E-state index is 0.00204. The van der Waals surface area contributed by atoms with Crippen molar-refractivity contribution in [2.24, 2.45) is 4.99 Å². The van der Waals surface area contributed by atoms with E-state index in [0.29, 0.717) is 169 Å². The number of aliphatic hydroxyl groups excluding tert-OH is 3. The second-order valence-electron chi connectivity index (χ2n) is 25.2. The third-order valence-corrected chi connectivity index (χ3v) is 22.4. The maximum absolute atomic E-state index is 14.1. The van der Waals surface area contributed by atoms with Crippen LogP contribution in [0.3, 0.4) is 0 Å². The number of rotatable bonds is 34. The summed E-state index contributed by atoms with van der Waals surface area (Å²) in [6, 6.07) is 5.27. The molecule has 0 fully saturated rings. The van der Waals surface area contributed by atoms with E-state index in [0.717, 1.165) is 45.8 Å². The van der Waals surface area contributed by atoms with Crippen molar-refractivity contribution in [2.45, 2.75) is 65.2 Å². The summed E-state index contributed by atoms with van der Waals surface area (Å²) >= 11 is 5.07. The molecular weight excluding hydrogens is 1380 g/mol. The number of ketones is 1. The summed E-state index contributed by atoms with van der Waals surface area (Å²) in [6.45, 7) is 10.1. The van der Waals surface area contributed by atoms with Gasteiger partial charge in [0.15, 0.2) is 44.7 Å². The maximum Gasteiger partial charge on any atom is 0.194 e. The van der Waals surface area contributed by atoms with Crippen molar-refractivity contribution in [3.05, 3.63) is 110 Å². The molecule has 7 N–H and O–H groups in total. The van der Waals surface area contributed by atoms with Crippen LogP contribution in [0.2, 0.25) is 0 Å². The molecule has 0 spiro atoms. The van der Waals surface area contributed by atoms with Crippen LogP contribution in [0.25, 0.3) is 98.3 Å². The number of benzene rings is 10. The quantitative estimate of drug-likeness (QED) is 0.00853. The Balaban J connectivity index is 0.000000210. The van der Waals surface area contributed by atoms with Crippen LogP contribution in [0.15, 0.2) is 59.6 Å². The van der Waals surface area contributed by atoms with Gasteiger partial charge in [-0.15, -0.1) is 0 Å². The molecule has 0 aliphatic heterocycles. The van der Waals surface area contributed by atoms with Crippen LogP contribution in [0.4, 0.5) is 0 Å². The predicted molar refractivity (Wildman–Crippen MR) is 412 cm³/mol. The number of allylic oxidation sites excluding steroid dienone is 2. The number of ether oxygens (including phenoxy) is 9. The smallest absolute Gasteiger partial charge is 0.194 e. The van der Waals surface area contributed by atoms with Crippen molar-refractivity contribution >= 4 is 145 Å². The van der Waals surface area contributed by atoms with E-state index in [1.165, 1.54) is 73.8 Å². The molecule has 0 radical (unpaired) electrons. The normalized spacial score (nSPS) is 14.4. The van der Waals surface area contributed by atoms with E-state index in [2.05, 4.69) is 0 Å². The van der Waals surface area contributed by atoms with Crippen molar-refractivity contribution in [1.29, 1.82) is 0 Å². The van der Waals surface area contributed by atoms with Crippen LogP contribution in [0.5, 0.6) is 57.5 Å². The second kappa shape index (κ2) is 32.7. The maximum atomic E-state index is 14.1. The molecule has 10 aromatic rings. The number of hydrogen-bond donors (Lipinski definition) is 7. The van der Waals surface area contributed by atoms with E-state index in [9.17, 15) is 44.4 Å². The fraction of sp³-hybridized carbons (Fsp3) is 0.410. The molecule has 0 aromatic heterocycles. The summed E-state index contributed by atoms with van der Waals surface area (Å²) in [7, 11) is 8.63. The Labute approximate surface area is 605 Å². The Morgan fingerprint density at radius 3 is 1.08 bits per heavy atom. The number of nitrogens with zero attached hydrogens (tertiary/aromatic N) is 1. The largest absolute Gasteiger partial charge is 0.507 e. The van der Waals surface area contributed by atoms with Crippen molar-refractivity contribution in [1.82, 2.24) is 0 Å².